The minimum Gasteiger partial charge on any atom is -0.491 e. The molecule has 7 heteroatoms. The number of halogens is 1. The molecule has 0 aliphatic carbocycles. The molecule has 0 saturated carbocycles. The number of hydrogen-bond donors (Lipinski definition) is 0. The Hall–Kier alpha value is -2.12. The van der Waals surface area contributed by atoms with Crippen molar-refractivity contribution in [1.29, 1.82) is 0 Å². The monoisotopic (exact) mass is 629 g/mol. The van der Waals surface area contributed by atoms with Gasteiger partial charge in [-0.2, -0.15) is 0 Å². The number of ether oxygens (including phenoxy) is 1. The van der Waals surface area contributed by atoms with E-state index in [2.05, 4.69) is 11.9 Å². The molecule has 3 rings (SSSR count). The minimum atomic E-state index is -3.95. The molecule has 2 aromatic carbocycles. The van der Waals surface area contributed by atoms with Gasteiger partial charge in [-0.1, -0.05) is 116 Å². The summed E-state index contributed by atoms with van der Waals surface area (Å²) in [5, 5.41) is 0.768. The molecule has 0 fully saturated rings. The maximum Gasteiger partial charge on any atom is 0.223 e. The molecule has 0 bridgehead atoms. The molecule has 0 aliphatic heterocycles. The van der Waals surface area contributed by atoms with Crippen LogP contribution in [0.1, 0.15) is 122 Å². The maximum absolute atomic E-state index is 14.8. The SMILES string of the molecule is CCCCCCCCCCCCCCCCCCCCOc1ccc(S(=O)(=O)c2ccc3cc(SC)ccc3n2)cc1F. The Morgan fingerprint density at radius 2 is 1.26 bits per heavy atom. The lowest BCUT2D eigenvalue weighted by Crippen LogP contribution is -2.06. The van der Waals surface area contributed by atoms with Gasteiger partial charge >= 0.3 is 0 Å². The second-order valence-corrected chi connectivity index (χ2v) is 14.4. The van der Waals surface area contributed by atoms with Crippen molar-refractivity contribution in [3.8, 4) is 5.75 Å². The van der Waals surface area contributed by atoms with E-state index in [1.165, 1.54) is 121 Å². The van der Waals surface area contributed by atoms with E-state index >= 15 is 0 Å². The second-order valence-electron chi connectivity index (χ2n) is 11.7. The van der Waals surface area contributed by atoms with Crippen LogP contribution < -0.4 is 4.74 Å². The Kier molecular flexibility index (Phi) is 16.5. The van der Waals surface area contributed by atoms with Gasteiger partial charge in [0.2, 0.25) is 9.84 Å². The molecular formula is C36H52FNO3S2. The zero-order valence-electron chi connectivity index (χ0n) is 26.4. The van der Waals surface area contributed by atoms with E-state index < -0.39 is 15.7 Å². The van der Waals surface area contributed by atoms with Crippen LogP contribution in [0.2, 0.25) is 0 Å². The van der Waals surface area contributed by atoms with Crippen molar-refractivity contribution in [2.45, 2.75) is 137 Å². The van der Waals surface area contributed by atoms with E-state index in [1.54, 1.807) is 23.9 Å². The summed E-state index contributed by atoms with van der Waals surface area (Å²) in [6.07, 6.45) is 25.6. The van der Waals surface area contributed by atoms with Crippen LogP contribution in [0.15, 0.2) is 63.3 Å². The third kappa shape index (κ3) is 12.4. The normalized spacial score (nSPS) is 11.8. The molecule has 0 aliphatic rings. The van der Waals surface area contributed by atoms with Gasteiger partial charge in [0.05, 0.1) is 17.0 Å². The maximum atomic E-state index is 14.8. The fourth-order valence-corrected chi connectivity index (χ4v) is 7.10. The summed E-state index contributed by atoms with van der Waals surface area (Å²) < 4.78 is 46.6. The third-order valence-corrected chi connectivity index (χ3v) is 10.5. The van der Waals surface area contributed by atoms with Crippen LogP contribution in [0.5, 0.6) is 5.75 Å². The lowest BCUT2D eigenvalue weighted by atomic mass is 10.0. The van der Waals surface area contributed by atoms with E-state index in [1.807, 2.05) is 18.4 Å². The van der Waals surface area contributed by atoms with Crippen molar-refractivity contribution in [2.75, 3.05) is 12.9 Å². The van der Waals surface area contributed by atoms with Gasteiger partial charge in [-0.15, -0.1) is 11.8 Å². The van der Waals surface area contributed by atoms with E-state index in [0.717, 1.165) is 29.2 Å². The molecule has 1 heterocycles. The van der Waals surface area contributed by atoms with Crippen molar-refractivity contribution >= 4 is 32.5 Å². The lowest BCUT2D eigenvalue weighted by Gasteiger charge is -2.10. The first-order chi connectivity index (χ1) is 21.0. The van der Waals surface area contributed by atoms with Crippen molar-refractivity contribution in [2.24, 2.45) is 0 Å². The first-order valence-corrected chi connectivity index (χ1v) is 19.3. The van der Waals surface area contributed by atoms with Crippen molar-refractivity contribution < 1.29 is 17.5 Å². The average Bonchev–Trinajstić information content (AvgIpc) is 3.02. The highest BCUT2D eigenvalue weighted by atomic mass is 32.2. The number of rotatable bonds is 23. The number of aromatic nitrogens is 1. The van der Waals surface area contributed by atoms with Crippen LogP contribution in [0, 0.1) is 5.82 Å². The van der Waals surface area contributed by atoms with Crippen molar-refractivity contribution in [1.82, 2.24) is 4.98 Å². The lowest BCUT2D eigenvalue weighted by molar-refractivity contribution is 0.289. The smallest absolute Gasteiger partial charge is 0.223 e. The number of unbranched alkanes of at least 4 members (excludes halogenated alkanes) is 17. The fourth-order valence-electron chi connectivity index (χ4n) is 5.43. The molecule has 1 aromatic heterocycles. The molecule has 43 heavy (non-hydrogen) atoms. The van der Waals surface area contributed by atoms with Gasteiger partial charge in [-0.3, -0.25) is 0 Å². The van der Waals surface area contributed by atoms with Gasteiger partial charge in [0.15, 0.2) is 16.6 Å². The molecule has 0 N–H and O–H groups in total. The standard InChI is InChI=1S/C36H52FNO3S2/c1-3-4-5-6-7-8-9-10-11-12-13-14-15-16-17-18-19-20-27-41-35-25-23-32(29-33(35)37)43(39,40)36-26-21-30-28-31(42-2)22-24-34(30)38-36/h21-26,28-29H,3-20,27H2,1-2H3. The average molecular weight is 630 g/mol. The largest absolute Gasteiger partial charge is 0.491 e. The summed E-state index contributed by atoms with van der Waals surface area (Å²) in [7, 11) is -3.95. The van der Waals surface area contributed by atoms with Crippen LogP contribution in [0.3, 0.4) is 0 Å². The molecule has 4 nitrogen and oxygen atoms in total. The molecule has 0 unspecified atom stereocenters. The fraction of sp³-hybridized carbons (Fsp3) is 0.583. The van der Waals surface area contributed by atoms with Crippen LogP contribution >= 0.6 is 11.8 Å². The van der Waals surface area contributed by atoms with Crippen molar-refractivity contribution in [3.05, 3.63) is 54.3 Å². The first kappa shape index (κ1) is 35.4. The van der Waals surface area contributed by atoms with Crippen LogP contribution in [-0.4, -0.2) is 26.3 Å². The number of thioether (sulfide) groups is 1. The zero-order valence-corrected chi connectivity index (χ0v) is 28.1. The zero-order chi connectivity index (χ0) is 30.8. The van der Waals surface area contributed by atoms with Crippen LogP contribution in [0.25, 0.3) is 10.9 Å². The van der Waals surface area contributed by atoms with Gasteiger partial charge in [0.1, 0.15) is 0 Å². The topological polar surface area (TPSA) is 56.3 Å². The highest BCUT2D eigenvalue weighted by molar-refractivity contribution is 7.98. The summed E-state index contributed by atoms with van der Waals surface area (Å²) in [4.78, 5) is 5.28. The third-order valence-electron chi connectivity index (χ3n) is 8.12. The Bertz CT molecular complexity index is 1330. The number of sulfone groups is 1. The molecule has 0 atom stereocenters. The summed E-state index contributed by atoms with van der Waals surface area (Å²) in [6, 6.07) is 12.7. The Labute approximate surface area is 264 Å². The van der Waals surface area contributed by atoms with E-state index in [-0.39, 0.29) is 15.7 Å². The van der Waals surface area contributed by atoms with Gasteiger partial charge in [-0.05, 0) is 61.2 Å². The van der Waals surface area contributed by atoms with Gasteiger partial charge < -0.3 is 4.74 Å². The quantitative estimate of drug-likeness (QED) is 0.0771. The minimum absolute atomic E-state index is 0.0852. The first-order valence-electron chi connectivity index (χ1n) is 16.6. The Balaban J connectivity index is 1.25. The highest BCUT2D eigenvalue weighted by Gasteiger charge is 2.21. The van der Waals surface area contributed by atoms with Crippen LogP contribution in [0.4, 0.5) is 4.39 Å². The summed E-state index contributed by atoms with van der Waals surface area (Å²) in [5.41, 5.74) is 0.587. The van der Waals surface area contributed by atoms with Gasteiger partial charge in [-0.25, -0.2) is 17.8 Å². The summed E-state index contributed by atoms with van der Waals surface area (Å²) >= 11 is 1.61. The van der Waals surface area contributed by atoms with E-state index in [0.29, 0.717) is 12.1 Å². The Morgan fingerprint density at radius 3 is 1.79 bits per heavy atom. The van der Waals surface area contributed by atoms with Gasteiger partial charge in [0, 0.05) is 10.3 Å². The number of benzene rings is 2. The molecule has 3 aromatic rings. The Morgan fingerprint density at radius 1 is 0.698 bits per heavy atom. The number of hydrogen-bond acceptors (Lipinski definition) is 5. The molecule has 0 spiro atoms. The second kappa shape index (κ2) is 20.0. The molecule has 0 saturated heterocycles. The summed E-state index contributed by atoms with van der Waals surface area (Å²) in [5.74, 6) is -0.587. The van der Waals surface area contributed by atoms with Crippen molar-refractivity contribution in [3.63, 3.8) is 0 Å². The predicted octanol–water partition coefficient (Wildman–Crippen LogP) is 11.3. The molecule has 238 valence electrons. The molecular weight excluding hydrogens is 578 g/mol. The molecule has 0 amide bonds. The number of nitrogens with zero attached hydrogens (tertiary/aromatic N) is 1. The van der Waals surface area contributed by atoms with E-state index in [9.17, 15) is 12.8 Å². The van der Waals surface area contributed by atoms with Gasteiger partial charge in [0.25, 0.3) is 0 Å². The van der Waals surface area contributed by atoms with E-state index in [4.69, 9.17) is 4.74 Å². The molecule has 0 radical (unpaired) electrons. The highest BCUT2D eigenvalue weighted by Crippen LogP contribution is 2.28. The summed E-state index contributed by atoms with van der Waals surface area (Å²) in [6.45, 7) is 2.70. The number of fused-ring (bicyclic) bond motifs is 1. The predicted molar refractivity (Wildman–Crippen MR) is 180 cm³/mol. The number of pyridine rings is 1. The van der Waals surface area contributed by atoms with Crippen LogP contribution in [-0.2, 0) is 9.84 Å².